The summed E-state index contributed by atoms with van der Waals surface area (Å²) in [5.74, 6) is 1.67. The maximum atomic E-state index is 5.60. The van der Waals surface area contributed by atoms with Crippen molar-refractivity contribution in [2.75, 3.05) is 6.61 Å². The van der Waals surface area contributed by atoms with E-state index in [1.54, 1.807) is 0 Å². The van der Waals surface area contributed by atoms with Gasteiger partial charge in [-0.25, -0.2) is 0 Å². The molecule has 0 radical (unpaired) electrons. The Bertz CT molecular complexity index is 151. The molecule has 2 saturated heterocycles. The van der Waals surface area contributed by atoms with Gasteiger partial charge in [0.2, 0.25) is 0 Å². The van der Waals surface area contributed by atoms with Crippen LogP contribution >= 0.6 is 0 Å². The SMILES string of the molecule is CC(C)C(C)C12COC(C1)C2. The summed E-state index contributed by atoms with van der Waals surface area (Å²) in [4.78, 5) is 0. The number of hydrogen-bond donors (Lipinski definition) is 0. The first-order valence-electron chi connectivity index (χ1n) is 4.76. The van der Waals surface area contributed by atoms with Crippen LogP contribution in [0.5, 0.6) is 0 Å². The second kappa shape index (κ2) is 2.22. The number of hydrogen-bond acceptors (Lipinski definition) is 1. The van der Waals surface area contributed by atoms with Crippen LogP contribution in [-0.2, 0) is 4.74 Å². The summed E-state index contributed by atoms with van der Waals surface area (Å²) in [5, 5.41) is 0. The second-order valence-electron chi connectivity index (χ2n) is 4.74. The van der Waals surface area contributed by atoms with E-state index in [0.29, 0.717) is 11.5 Å². The maximum absolute atomic E-state index is 5.60. The van der Waals surface area contributed by atoms with E-state index in [2.05, 4.69) is 20.8 Å². The summed E-state index contributed by atoms with van der Waals surface area (Å²) in [6.07, 6.45) is 3.31. The lowest BCUT2D eigenvalue weighted by Gasteiger charge is -2.42. The van der Waals surface area contributed by atoms with Gasteiger partial charge in [0, 0.05) is 5.41 Å². The monoisotopic (exact) mass is 154 g/mol. The third-order valence-electron chi connectivity index (χ3n) is 3.84. The van der Waals surface area contributed by atoms with Gasteiger partial charge in [0.05, 0.1) is 12.7 Å². The topological polar surface area (TPSA) is 9.23 Å². The molecule has 2 aliphatic heterocycles. The smallest absolute Gasteiger partial charge is 0.0588 e. The van der Waals surface area contributed by atoms with Crippen molar-refractivity contribution in [3.05, 3.63) is 0 Å². The van der Waals surface area contributed by atoms with Crippen molar-refractivity contribution in [1.82, 2.24) is 0 Å². The fourth-order valence-electron chi connectivity index (χ4n) is 2.58. The minimum Gasteiger partial charge on any atom is -0.378 e. The molecule has 3 aliphatic rings. The van der Waals surface area contributed by atoms with Gasteiger partial charge in [-0.05, 0) is 24.7 Å². The third-order valence-corrected chi connectivity index (χ3v) is 3.84. The summed E-state index contributed by atoms with van der Waals surface area (Å²) in [7, 11) is 0. The highest BCUT2D eigenvalue weighted by atomic mass is 16.5. The van der Waals surface area contributed by atoms with Crippen molar-refractivity contribution < 1.29 is 4.74 Å². The summed E-state index contributed by atoms with van der Waals surface area (Å²) in [6, 6.07) is 0. The van der Waals surface area contributed by atoms with Gasteiger partial charge in [0.15, 0.2) is 0 Å². The highest BCUT2D eigenvalue weighted by Gasteiger charge is 2.55. The van der Waals surface area contributed by atoms with Crippen molar-refractivity contribution in [1.29, 1.82) is 0 Å². The Balaban J connectivity index is 2.04. The first-order valence-corrected chi connectivity index (χ1v) is 4.76. The molecule has 3 fully saturated rings. The summed E-state index contributed by atoms with van der Waals surface area (Å²) >= 11 is 0. The minimum atomic E-state index is 0.596. The van der Waals surface area contributed by atoms with E-state index < -0.39 is 0 Å². The molecule has 2 bridgehead atoms. The van der Waals surface area contributed by atoms with Gasteiger partial charge < -0.3 is 4.74 Å². The van der Waals surface area contributed by atoms with Crippen LogP contribution in [0.4, 0.5) is 0 Å². The van der Waals surface area contributed by atoms with Crippen molar-refractivity contribution in [3.8, 4) is 0 Å². The molecule has 0 N–H and O–H groups in total. The van der Waals surface area contributed by atoms with Crippen LogP contribution in [0, 0.1) is 17.3 Å². The first-order chi connectivity index (χ1) is 5.14. The Morgan fingerprint density at radius 2 is 1.91 bits per heavy atom. The molecule has 0 aromatic heterocycles. The van der Waals surface area contributed by atoms with Gasteiger partial charge in [-0.3, -0.25) is 0 Å². The van der Waals surface area contributed by atoms with Gasteiger partial charge in [-0.1, -0.05) is 20.8 Å². The number of rotatable bonds is 2. The van der Waals surface area contributed by atoms with Crippen LogP contribution in [0.2, 0.25) is 0 Å². The van der Waals surface area contributed by atoms with Crippen LogP contribution in [0.25, 0.3) is 0 Å². The van der Waals surface area contributed by atoms with Crippen molar-refractivity contribution in [3.63, 3.8) is 0 Å². The van der Waals surface area contributed by atoms with Crippen molar-refractivity contribution in [2.24, 2.45) is 17.3 Å². The zero-order valence-electron chi connectivity index (χ0n) is 7.76. The molecule has 0 aromatic carbocycles. The van der Waals surface area contributed by atoms with Crippen LogP contribution in [-0.4, -0.2) is 12.7 Å². The van der Waals surface area contributed by atoms with E-state index in [1.807, 2.05) is 0 Å². The Kier molecular flexibility index (Phi) is 1.54. The maximum Gasteiger partial charge on any atom is 0.0588 e. The standard InChI is InChI=1S/C10H18O/c1-7(2)8(3)10-4-9(5-10)11-6-10/h7-9H,4-6H2,1-3H3. The van der Waals surface area contributed by atoms with E-state index in [9.17, 15) is 0 Å². The zero-order chi connectivity index (χ0) is 8.06. The van der Waals surface area contributed by atoms with E-state index >= 15 is 0 Å². The Morgan fingerprint density at radius 3 is 2.27 bits per heavy atom. The molecule has 64 valence electrons. The lowest BCUT2D eigenvalue weighted by molar-refractivity contribution is 0.0663. The fourth-order valence-corrected chi connectivity index (χ4v) is 2.58. The molecule has 1 heteroatoms. The van der Waals surface area contributed by atoms with Crippen LogP contribution in [0.1, 0.15) is 33.6 Å². The normalized spacial score (nSPS) is 44.2. The molecule has 1 nitrogen and oxygen atoms in total. The predicted molar refractivity (Wildman–Crippen MR) is 45.4 cm³/mol. The molecule has 1 aliphatic carbocycles. The molecule has 3 rings (SSSR count). The van der Waals surface area contributed by atoms with Gasteiger partial charge in [0.1, 0.15) is 0 Å². The Morgan fingerprint density at radius 1 is 1.27 bits per heavy atom. The lowest BCUT2D eigenvalue weighted by Crippen LogP contribution is -2.40. The highest BCUT2D eigenvalue weighted by Crippen LogP contribution is 2.56. The molecule has 0 amide bonds. The zero-order valence-corrected chi connectivity index (χ0v) is 7.76. The Labute approximate surface area is 69.1 Å². The predicted octanol–water partition coefficient (Wildman–Crippen LogP) is 2.46. The van der Waals surface area contributed by atoms with Crippen molar-refractivity contribution >= 4 is 0 Å². The van der Waals surface area contributed by atoms with Gasteiger partial charge in [-0.15, -0.1) is 0 Å². The van der Waals surface area contributed by atoms with E-state index in [4.69, 9.17) is 4.74 Å². The van der Waals surface area contributed by atoms with Gasteiger partial charge >= 0.3 is 0 Å². The molecule has 1 unspecified atom stereocenters. The van der Waals surface area contributed by atoms with Gasteiger partial charge in [0.25, 0.3) is 0 Å². The number of ether oxygens (including phenoxy) is 1. The Hall–Kier alpha value is -0.0400. The van der Waals surface area contributed by atoms with Crippen molar-refractivity contribution in [2.45, 2.75) is 39.7 Å². The van der Waals surface area contributed by atoms with E-state index in [-0.39, 0.29) is 0 Å². The highest BCUT2D eigenvalue weighted by molar-refractivity contribution is 5.03. The quantitative estimate of drug-likeness (QED) is 0.593. The molecule has 0 spiro atoms. The molecular weight excluding hydrogens is 136 g/mol. The first kappa shape index (κ1) is 7.60. The molecular formula is C10H18O. The summed E-state index contributed by atoms with van der Waals surface area (Å²) in [6.45, 7) is 8.07. The lowest BCUT2D eigenvalue weighted by atomic mass is 9.60. The molecule has 11 heavy (non-hydrogen) atoms. The number of fused-ring (bicyclic) bond motifs is 1. The average Bonchev–Trinajstić information content (AvgIpc) is 2.40. The van der Waals surface area contributed by atoms with Crippen LogP contribution in [0.15, 0.2) is 0 Å². The molecule has 1 atom stereocenters. The van der Waals surface area contributed by atoms with E-state index in [1.165, 1.54) is 12.8 Å². The molecule has 1 saturated carbocycles. The fraction of sp³-hybridized carbons (Fsp3) is 1.00. The minimum absolute atomic E-state index is 0.596. The third kappa shape index (κ3) is 0.936. The second-order valence-corrected chi connectivity index (χ2v) is 4.74. The van der Waals surface area contributed by atoms with Crippen LogP contribution in [0.3, 0.4) is 0 Å². The summed E-state index contributed by atoms with van der Waals surface area (Å²) < 4.78 is 5.60. The summed E-state index contributed by atoms with van der Waals surface area (Å²) in [5.41, 5.74) is 0.596. The molecule has 2 heterocycles. The average molecular weight is 154 g/mol. The van der Waals surface area contributed by atoms with Crippen LogP contribution < -0.4 is 0 Å². The molecule has 0 aromatic rings. The van der Waals surface area contributed by atoms with Gasteiger partial charge in [-0.2, -0.15) is 0 Å². The largest absolute Gasteiger partial charge is 0.378 e. The van der Waals surface area contributed by atoms with E-state index in [0.717, 1.165) is 18.4 Å².